The zero-order valence-electron chi connectivity index (χ0n) is 13.8. The summed E-state index contributed by atoms with van der Waals surface area (Å²) in [5, 5.41) is 15.3. The van der Waals surface area contributed by atoms with E-state index in [1.807, 2.05) is 30.3 Å². The predicted molar refractivity (Wildman–Crippen MR) is 89.0 cm³/mol. The Hall–Kier alpha value is -2.60. The lowest BCUT2D eigenvalue weighted by Crippen LogP contribution is -2.47. The number of carbonyl (C=O) groups is 2. The maximum absolute atomic E-state index is 11.9. The summed E-state index contributed by atoms with van der Waals surface area (Å²) in [5.74, 6) is -0.908. The molecule has 6 nitrogen and oxygen atoms in total. The second-order valence-electron chi connectivity index (χ2n) is 6.04. The summed E-state index contributed by atoms with van der Waals surface area (Å²) < 4.78 is 5.17. The van der Waals surface area contributed by atoms with E-state index in [4.69, 9.17) is 4.42 Å². The first-order valence-corrected chi connectivity index (χ1v) is 7.76. The summed E-state index contributed by atoms with van der Waals surface area (Å²) in [4.78, 5) is 23.8. The van der Waals surface area contributed by atoms with Crippen molar-refractivity contribution < 1.29 is 19.1 Å². The van der Waals surface area contributed by atoms with E-state index in [1.165, 1.54) is 6.26 Å². The number of hydrogen-bond donors (Lipinski definition) is 3. The molecule has 1 aromatic heterocycles. The van der Waals surface area contributed by atoms with E-state index in [0.29, 0.717) is 5.76 Å². The van der Waals surface area contributed by atoms with Crippen LogP contribution in [-0.4, -0.2) is 29.1 Å². The molecule has 1 aromatic carbocycles. The molecule has 2 rings (SSSR count). The molecule has 1 heterocycles. The molecule has 0 saturated heterocycles. The predicted octanol–water partition coefficient (Wildman–Crippen LogP) is 1.57. The number of benzene rings is 1. The van der Waals surface area contributed by atoms with E-state index in [-0.39, 0.29) is 19.0 Å². The van der Waals surface area contributed by atoms with Crippen LogP contribution in [-0.2, 0) is 16.0 Å². The Morgan fingerprint density at radius 3 is 2.50 bits per heavy atom. The van der Waals surface area contributed by atoms with Crippen LogP contribution in [0.4, 0.5) is 0 Å². The van der Waals surface area contributed by atoms with Gasteiger partial charge in [-0.15, -0.1) is 0 Å². The molecular weight excluding hydrogens is 308 g/mol. The normalized spacial score (nSPS) is 14.5. The van der Waals surface area contributed by atoms with Gasteiger partial charge in [-0.3, -0.25) is 9.59 Å². The van der Waals surface area contributed by atoms with Crippen LogP contribution in [0.15, 0.2) is 53.1 Å². The Labute approximate surface area is 140 Å². The van der Waals surface area contributed by atoms with Crippen molar-refractivity contribution in [3.8, 4) is 0 Å². The first kappa shape index (κ1) is 17.7. The zero-order valence-corrected chi connectivity index (χ0v) is 13.8. The fraction of sp³-hybridized carbons (Fsp3) is 0.333. The summed E-state index contributed by atoms with van der Waals surface area (Å²) in [6.07, 6.45) is 1.75. The lowest BCUT2D eigenvalue weighted by atomic mass is 10.0. The van der Waals surface area contributed by atoms with E-state index in [9.17, 15) is 14.7 Å². The number of amides is 2. The van der Waals surface area contributed by atoms with Gasteiger partial charge < -0.3 is 20.2 Å². The molecule has 2 atom stereocenters. The van der Waals surface area contributed by atoms with Crippen molar-refractivity contribution in [1.82, 2.24) is 10.6 Å². The van der Waals surface area contributed by atoms with E-state index in [0.717, 1.165) is 5.56 Å². The number of rotatable bonds is 6. The van der Waals surface area contributed by atoms with Gasteiger partial charge in [0.2, 0.25) is 0 Å². The molecule has 0 fully saturated rings. The maximum atomic E-state index is 11.9. The van der Waals surface area contributed by atoms with Gasteiger partial charge in [0.05, 0.1) is 17.9 Å². The Bertz CT molecular complexity index is 666. The molecule has 3 N–H and O–H groups in total. The lowest BCUT2D eigenvalue weighted by Gasteiger charge is -2.22. The SMILES string of the molecule is C[C@@H](NC(=O)C(=O)NC[C@](C)(O)Cc1ccco1)c1ccccc1. The second-order valence-corrected chi connectivity index (χ2v) is 6.04. The van der Waals surface area contributed by atoms with Gasteiger partial charge in [0, 0.05) is 13.0 Å². The average Bonchev–Trinajstić information content (AvgIpc) is 3.05. The van der Waals surface area contributed by atoms with Crippen LogP contribution in [0.5, 0.6) is 0 Å². The van der Waals surface area contributed by atoms with Gasteiger partial charge in [0.25, 0.3) is 0 Å². The van der Waals surface area contributed by atoms with E-state index >= 15 is 0 Å². The smallest absolute Gasteiger partial charge is 0.309 e. The molecule has 0 unspecified atom stereocenters. The highest BCUT2D eigenvalue weighted by Gasteiger charge is 2.25. The molecular formula is C18H22N2O4. The first-order valence-electron chi connectivity index (χ1n) is 7.76. The van der Waals surface area contributed by atoms with E-state index in [1.54, 1.807) is 26.0 Å². The van der Waals surface area contributed by atoms with Gasteiger partial charge in [-0.25, -0.2) is 0 Å². The first-order chi connectivity index (χ1) is 11.4. The Balaban J connectivity index is 1.82. The molecule has 6 heteroatoms. The third-order valence-corrected chi connectivity index (χ3v) is 3.62. The van der Waals surface area contributed by atoms with Gasteiger partial charge in [-0.05, 0) is 31.5 Å². The molecule has 2 aromatic rings. The van der Waals surface area contributed by atoms with E-state index < -0.39 is 17.4 Å². The summed E-state index contributed by atoms with van der Waals surface area (Å²) in [5.41, 5.74) is -0.303. The molecule has 0 saturated carbocycles. The van der Waals surface area contributed by atoms with Crippen LogP contribution in [0.3, 0.4) is 0 Å². The number of hydrogen-bond acceptors (Lipinski definition) is 4. The monoisotopic (exact) mass is 330 g/mol. The van der Waals surface area contributed by atoms with Gasteiger partial charge >= 0.3 is 11.8 Å². The van der Waals surface area contributed by atoms with Gasteiger partial charge in [0.1, 0.15) is 5.76 Å². The highest BCUT2D eigenvalue weighted by molar-refractivity contribution is 6.35. The fourth-order valence-electron chi connectivity index (χ4n) is 2.29. The molecule has 128 valence electrons. The van der Waals surface area contributed by atoms with Crippen LogP contribution in [0, 0.1) is 0 Å². The minimum Gasteiger partial charge on any atom is -0.469 e. The lowest BCUT2D eigenvalue weighted by molar-refractivity contribution is -0.140. The van der Waals surface area contributed by atoms with Gasteiger partial charge in [-0.1, -0.05) is 30.3 Å². The molecule has 24 heavy (non-hydrogen) atoms. The highest BCUT2D eigenvalue weighted by atomic mass is 16.3. The molecule has 2 amide bonds. The minimum absolute atomic E-state index is 0.0559. The number of nitrogens with one attached hydrogen (secondary N) is 2. The summed E-state index contributed by atoms with van der Waals surface area (Å²) >= 11 is 0. The van der Waals surface area contributed by atoms with Crippen molar-refractivity contribution >= 4 is 11.8 Å². The van der Waals surface area contributed by atoms with Crippen molar-refractivity contribution in [2.24, 2.45) is 0 Å². The van der Waals surface area contributed by atoms with Crippen molar-refractivity contribution in [3.63, 3.8) is 0 Å². The quantitative estimate of drug-likeness (QED) is 0.701. The Morgan fingerprint density at radius 2 is 1.88 bits per heavy atom. The van der Waals surface area contributed by atoms with Gasteiger partial charge in [0.15, 0.2) is 0 Å². The molecule has 0 aliphatic rings. The summed E-state index contributed by atoms with van der Waals surface area (Å²) in [6.45, 7) is 3.31. The van der Waals surface area contributed by atoms with Crippen LogP contribution < -0.4 is 10.6 Å². The van der Waals surface area contributed by atoms with Crippen molar-refractivity contribution in [3.05, 3.63) is 60.1 Å². The molecule has 0 radical (unpaired) electrons. The van der Waals surface area contributed by atoms with Crippen LogP contribution in [0.2, 0.25) is 0 Å². The summed E-state index contributed by atoms with van der Waals surface area (Å²) in [7, 11) is 0. The topological polar surface area (TPSA) is 91.6 Å². The minimum atomic E-state index is -1.21. The van der Waals surface area contributed by atoms with Crippen molar-refractivity contribution in [1.29, 1.82) is 0 Å². The van der Waals surface area contributed by atoms with E-state index in [2.05, 4.69) is 10.6 Å². The van der Waals surface area contributed by atoms with Crippen molar-refractivity contribution in [2.45, 2.75) is 31.9 Å². The largest absolute Gasteiger partial charge is 0.469 e. The third-order valence-electron chi connectivity index (χ3n) is 3.62. The standard InChI is InChI=1S/C18H22N2O4/c1-13(14-7-4-3-5-8-14)20-17(22)16(21)19-12-18(2,23)11-15-9-6-10-24-15/h3-10,13,23H,11-12H2,1-2H3,(H,19,21)(H,20,22)/t13-,18-/m1/s1. The second kappa shape index (κ2) is 7.79. The number of carbonyl (C=O) groups excluding carboxylic acids is 2. The third kappa shape index (κ3) is 5.24. The molecule has 0 bridgehead atoms. The molecule has 0 aliphatic carbocycles. The van der Waals surface area contributed by atoms with Crippen molar-refractivity contribution in [2.75, 3.05) is 6.54 Å². The summed E-state index contributed by atoms with van der Waals surface area (Å²) in [6, 6.07) is 12.5. The van der Waals surface area contributed by atoms with Crippen LogP contribution in [0.1, 0.15) is 31.2 Å². The highest BCUT2D eigenvalue weighted by Crippen LogP contribution is 2.13. The zero-order chi connectivity index (χ0) is 17.6. The Kier molecular flexibility index (Phi) is 5.76. The van der Waals surface area contributed by atoms with Crippen LogP contribution in [0.25, 0.3) is 0 Å². The fourth-order valence-corrected chi connectivity index (χ4v) is 2.29. The molecule has 0 aliphatic heterocycles. The Morgan fingerprint density at radius 1 is 1.17 bits per heavy atom. The van der Waals surface area contributed by atoms with Gasteiger partial charge in [-0.2, -0.15) is 0 Å². The number of aliphatic hydroxyl groups is 1. The van der Waals surface area contributed by atoms with Crippen LogP contribution >= 0.6 is 0 Å². The molecule has 0 spiro atoms. The number of furan rings is 1. The average molecular weight is 330 g/mol. The maximum Gasteiger partial charge on any atom is 0.309 e.